The molecule has 0 bridgehead atoms. The van der Waals surface area contributed by atoms with E-state index < -0.39 is 10.2 Å². The maximum atomic E-state index is 10.4. The maximum Gasteiger partial charge on any atom is 0.131 e. The number of carbonyl (C=O) groups excluding carboxylic acids is 1. The molecule has 0 rings (SSSR count). The van der Waals surface area contributed by atoms with Crippen LogP contribution in [0.5, 0.6) is 0 Å². The lowest BCUT2D eigenvalue weighted by molar-refractivity contribution is -0.116. The van der Waals surface area contributed by atoms with Gasteiger partial charge in [0.2, 0.25) is 0 Å². The third-order valence-electron chi connectivity index (χ3n) is 0.756. The van der Waals surface area contributed by atoms with E-state index in [4.69, 9.17) is 34.8 Å². The lowest BCUT2D eigenvalue weighted by Crippen LogP contribution is -2.12. The van der Waals surface area contributed by atoms with E-state index in [-0.39, 0.29) is 12.2 Å². The third-order valence-corrected chi connectivity index (χ3v) is 2.03. The van der Waals surface area contributed by atoms with Crippen molar-refractivity contribution in [1.82, 2.24) is 0 Å². The number of rotatable bonds is 3. The highest BCUT2D eigenvalue weighted by Gasteiger charge is 2.14. The van der Waals surface area contributed by atoms with Crippen LogP contribution in [0.2, 0.25) is 0 Å². The summed E-state index contributed by atoms with van der Waals surface area (Å²) in [6.45, 7) is 1.45. The van der Waals surface area contributed by atoms with Crippen LogP contribution in [0.4, 0.5) is 0 Å². The normalized spacial score (nSPS) is 13.9. The van der Waals surface area contributed by atoms with Gasteiger partial charge in [0, 0.05) is 6.42 Å². The molecule has 0 fully saturated rings. The van der Waals surface area contributed by atoms with Gasteiger partial charge >= 0.3 is 0 Å². The van der Waals surface area contributed by atoms with E-state index in [0.29, 0.717) is 0 Å². The van der Waals surface area contributed by atoms with Crippen LogP contribution in [0.1, 0.15) is 13.3 Å². The second kappa shape index (κ2) is 4.37. The molecular formula is C5H7Cl3O. The van der Waals surface area contributed by atoms with Crippen molar-refractivity contribution in [3.63, 3.8) is 0 Å². The second-order valence-electron chi connectivity index (χ2n) is 1.76. The Balaban J connectivity index is 3.50. The summed E-state index contributed by atoms with van der Waals surface area (Å²) in [5, 5.41) is -0.453. The Labute approximate surface area is 69.3 Å². The van der Waals surface area contributed by atoms with Gasteiger partial charge in [-0.2, -0.15) is 0 Å². The van der Waals surface area contributed by atoms with Gasteiger partial charge < -0.3 is 0 Å². The topological polar surface area (TPSA) is 17.1 Å². The zero-order chi connectivity index (χ0) is 7.44. The molecule has 0 aromatic heterocycles. The van der Waals surface area contributed by atoms with Crippen LogP contribution in [0.15, 0.2) is 0 Å². The zero-order valence-electron chi connectivity index (χ0n) is 4.90. The van der Waals surface area contributed by atoms with Crippen molar-refractivity contribution in [3.8, 4) is 0 Å². The molecule has 0 aromatic carbocycles. The molecule has 0 heterocycles. The summed E-state index contributed by atoms with van der Waals surface area (Å²) in [7, 11) is 0. The number of hydrogen-bond donors (Lipinski definition) is 0. The molecule has 0 N–H and O–H groups in total. The fourth-order valence-electron chi connectivity index (χ4n) is 0.364. The van der Waals surface area contributed by atoms with Crippen LogP contribution < -0.4 is 0 Å². The summed E-state index contributed by atoms with van der Waals surface area (Å²) >= 11 is 16.2. The van der Waals surface area contributed by atoms with E-state index in [1.165, 1.54) is 6.92 Å². The van der Waals surface area contributed by atoms with Gasteiger partial charge in [0.25, 0.3) is 0 Å². The van der Waals surface area contributed by atoms with Crippen molar-refractivity contribution < 1.29 is 4.79 Å². The van der Waals surface area contributed by atoms with Gasteiger partial charge in [-0.1, -0.05) is 0 Å². The Morgan fingerprint density at radius 3 is 2.00 bits per heavy atom. The zero-order valence-corrected chi connectivity index (χ0v) is 7.17. The Kier molecular flexibility index (Phi) is 4.63. The Bertz CT molecular complexity index is 102. The predicted octanol–water partition coefficient (Wildman–Crippen LogP) is 2.38. The molecule has 0 saturated heterocycles. The monoisotopic (exact) mass is 188 g/mol. The fraction of sp³-hybridized carbons (Fsp3) is 0.800. The maximum absolute atomic E-state index is 10.4. The predicted molar refractivity (Wildman–Crippen MR) is 40.4 cm³/mol. The summed E-state index contributed by atoms with van der Waals surface area (Å²) in [5.74, 6) is 0.00120. The molecule has 0 aromatic rings. The van der Waals surface area contributed by atoms with Crippen LogP contribution in [-0.2, 0) is 4.79 Å². The quantitative estimate of drug-likeness (QED) is 0.623. The highest BCUT2D eigenvalue weighted by atomic mass is 35.5. The molecule has 1 atom stereocenters. The van der Waals surface area contributed by atoms with Gasteiger partial charge in [0.05, 0.1) is 5.38 Å². The average molecular weight is 189 g/mol. The van der Waals surface area contributed by atoms with Crippen molar-refractivity contribution in [1.29, 1.82) is 0 Å². The highest BCUT2D eigenvalue weighted by molar-refractivity contribution is 6.48. The summed E-state index contributed by atoms with van der Waals surface area (Å²) in [5.41, 5.74) is 0. The molecule has 0 saturated carbocycles. The van der Waals surface area contributed by atoms with E-state index in [1.54, 1.807) is 0 Å². The molecule has 4 heteroatoms. The second-order valence-corrected chi connectivity index (χ2v) is 3.48. The summed E-state index contributed by atoms with van der Waals surface area (Å²) in [4.78, 5) is 9.70. The smallest absolute Gasteiger partial charge is 0.131 e. The van der Waals surface area contributed by atoms with Crippen molar-refractivity contribution >= 4 is 40.6 Å². The van der Waals surface area contributed by atoms with Gasteiger partial charge in [-0.25, -0.2) is 0 Å². The average Bonchev–Trinajstić information content (AvgIpc) is 1.63. The summed E-state index contributed by atoms with van der Waals surface area (Å²) in [6.07, 6.45) is 0.235. The minimum absolute atomic E-state index is 0.00120. The molecule has 0 aliphatic rings. The molecule has 1 nitrogen and oxygen atoms in total. The minimum Gasteiger partial charge on any atom is -0.300 e. The van der Waals surface area contributed by atoms with Crippen LogP contribution in [-0.4, -0.2) is 16.0 Å². The SMILES string of the molecule is CC(=O)CC(Cl)C(Cl)Cl. The van der Waals surface area contributed by atoms with Gasteiger partial charge in [-0.3, -0.25) is 4.79 Å². The molecule has 0 aliphatic carbocycles. The molecule has 54 valence electrons. The fourth-order valence-corrected chi connectivity index (χ4v) is 0.759. The summed E-state index contributed by atoms with van der Waals surface area (Å²) in [6, 6.07) is 0. The molecule has 0 radical (unpaired) electrons. The molecule has 0 aliphatic heterocycles. The largest absolute Gasteiger partial charge is 0.300 e. The van der Waals surface area contributed by atoms with Crippen LogP contribution in [0, 0.1) is 0 Å². The summed E-state index contributed by atoms with van der Waals surface area (Å²) < 4.78 is 0. The van der Waals surface area contributed by atoms with E-state index in [0.717, 1.165) is 0 Å². The number of carbonyl (C=O) groups is 1. The van der Waals surface area contributed by atoms with Gasteiger partial charge in [0.1, 0.15) is 10.6 Å². The first-order chi connectivity index (χ1) is 4.04. The van der Waals surface area contributed by atoms with Crippen LogP contribution in [0.3, 0.4) is 0 Å². The standard InChI is InChI=1S/C5H7Cl3O/c1-3(9)2-4(6)5(7)8/h4-5H,2H2,1H3. The Morgan fingerprint density at radius 2 is 1.89 bits per heavy atom. The van der Waals surface area contributed by atoms with E-state index in [1.807, 2.05) is 0 Å². The van der Waals surface area contributed by atoms with Crippen molar-refractivity contribution in [2.45, 2.75) is 23.6 Å². The number of Topliss-reactive ketones (excluding diaryl/α,β-unsaturated/α-hetero) is 1. The lowest BCUT2D eigenvalue weighted by atomic mass is 10.2. The Morgan fingerprint density at radius 1 is 1.44 bits per heavy atom. The van der Waals surface area contributed by atoms with Crippen molar-refractivity contribution in [2.75, 3.05) is 0 Å². The molecule has 0 spiro atoms. The van der Waals surface area contributed by atoms with Crippen molar-refractivity contribution in [2.24, 2.45) is 0 Å². The first-order valence-corrected chi connectivity index (χ1v) is 3.76. The number of alkyl halides is 3. The first kappa shape index (κ1) is 9.54. The molecule has 1 unspecified atom stereocenters. The van der Waals surface area contributed by atoms with Gasteiger partial charge in [-0.15, -0.1) is 34.8 Å². The number of hydrogen-bond acceptors (Lipinski definition) is 1. The van der Waals surface area contributed by atoms with E-state index in [9.17, 15) is 4.79 Å². The van der Waals surface area contributed by atoms with E-state index >= 15 is 0 Å². The van der Waals surface area contributed by atoms with Gasteiger partial charge in [0.15, 0.2) is 0 Å². The van der Waals surface area contributed by atoms with Crippen LogP contribution in [0.25, 0.3) is 0 Å². The van der Waals surface area contributed by atoms with E-state index in [2.05, 4.69) is 0 Å². The number of halogens is 3. The van der Waals surface area contributed by atoms with Crippen molar-refractivity contribution in [3.05, 3.63) is 0 Å². The molecule has 9 heavy (non-hydrogen) atoms. The Hall–Kier alpha value is 0.540. The molecule has 0 amide bonds. The minimum atomic E-state index is -0.657. The van der Waals surface area contributed by atoms with Gasteiger partial charge in [-0.05, 0) is 6.92 Å². The lowest BCUT2D eigenvalue weighted by Gasteiger charge is -2.05. The highest BCUT2D eigenvalue weighted by Crippen LogP contribution is 2.17. The molecular weight excluding hydrogens is 182 g/mol. The third kappa shape index (κ3) is 5.01. The number of ketones is 1. The van der Waals surface area contributed by atoms with Crippen LogP contribution >= 0.6 is 34.8 Å². The first-order valence-electron chi connectivity index (χ1n) is 2.45.